The van der Waals surface area contributed by atoms with E-state index in [1.807, 2.05) is 33.9 Å². The molecule has 0 atom stereocenters. The summed E-state index contributed by atoms with van der Waals surface area (Å²) >= 11 is 0. The van der Waals surface area contributed by atoms with E-state index in [9.17, 15) is 4.79 Å². The van der Waals surface area contributed by atoms with E-state index >= 15 is 0 Å². The molecule has 0 aliphatic carbocycles. The summed E-state index contributed by atoms with van der Waals surface area (Å²) in [6.45, 7) is 6.03. The van der Waals surface area contributed by atoms with Crippen LogP contribution < -0.4 is 0 Å². The second-order valence-electron chi connectivity index (χ2n) is 4.89. The lowest BCUT2D eigenvalue weighted by Gasteiger charge is -2.18. The molecule has 0 aliphatic heterocycles. The number of aromatic nitrogens is 2. The second kappa shape index (κ2) is 5.25. The first kappa shape index (κ1) is 12.9. The first-order valence-electron chi connectivity index (χ1n) is 5.51. The van der Waals surface area contributed by atoms with Crippen molar-refractivity contribution in [3.8, 4) is 0 Å². The highest BCUT2D eigenvalue weighted by Gasteiger charge is 2.13. The molecule has 0 saturated heterocycles. The van der Waals surface area contributed by atoms with Crippen LogP contribution in [0.3, 0.4) is 0 Å². The molecule has 4 heteroatoms. The molecule has 0 aromatic carbocycles. The van der Waals surface area contributed by atoms with E-state index in [4.69, 9.17) is 4.74 Å². The standard InChI is InChI=1S/C12H20N2O2/c1-12(2,3)16-9-11(15)6-5-10-7-8-13-14(10)4/h7-8H,5-6,9H2,1-4H3. The summed E-state index contributed by atoms with van der Waals surface area (Å²) in [6, 6.07) is 1.93. The van der Waals surface area contributed by atoms with Gasteiger partial charge in [0.05, 0.1) is 5.60 Å². The van der Waals surface area contributed by atoms with Crippen molar-refractivity contribution in [2.24, 2.45) is 7.05 Å². The number of carbonyl (C=O) groups is 1. The lowest BCUT2D eigenvalue weighted by atomic mass is 10.1. The predicted octanol–water partition coefficient (Wildman–Crippen LogP) is 1.74. The molecule has 1 aromatic heterocycles. The zero-order valence-corrected chi connectivity index (χ0v) is 10.5. The van der Waals surface area contributed by atoms with Crippen LogP contribution in [0.25, 0.3) is 0 Å². The van der Waals surface area contributed by atoms with Gasteiger partial charge in [-0.2, -0.15) is 5.10 Å². The molecule has 0 amide bonds. The lowest BCUT2D eigenvalue weighted by Crippen LogP contribution is -2.23. The number of hydrogen-bond donors (Lipinski definition) is 0. The summed E-state index contributed by atoms with van der Waals surface area (Å²) < 4.78 is 7.21. The molecule has 0 fully saturated rings. The molecular formula is C12H20N2O2. The molecule has 0 spiro atoms. The van der Waals surface area contributed by atoms with Crippen molar-refractivity contribution in [2.75, 3.05) is 6.61 Å². The predicted molar refractivity (Wildman–Crippen MR) is 62.2 cm³/mol. The number of ether oxygens (including phenoxy) is 1. The number of hydrogen-bond acceptors (Lipinski definition) is 3. The number of Topliss-reactive ketones (excluding diaryl/α,β-unsaturated/α-hetero) is 1. The fourth-order valence-electron chi connectivity index (χ4n) is 1.28. The van der Waals surface area contributed by atoms with Crippen molar-refractivity contribution in [1.29, 1.82) is 0 Å². The zero-order chi connectivity index (χ0) is 12.2. The van der Waals surface area contributed by atoms with Gasteiger partial charge in [-0.15, -0.1) is 0 Å². The molecular weight excluding hydrogens is 204 g/mol. The van der Waals surface area contributed by atoms with Gasteiger partial charge < -0.3 is 4.74 Å². The summed E-state index contributed by atoms with van der Waals surface area (Å²) in [5.41, 5.74) is 0.825. The van der Waals surface area contributed by atoms with Crippen molar-refractivity contribution in [1.82, 2.24) is 9.78 Å². The van der Waals surface area contributed by atoms with Crippen molar-refractivity contribution in [3.05, 3.63) is 18.0 Å². The van der Waals surface area contributed by atoms with E-state index < -0.39 is 0 Å². The maximum absolute atomic E-state index is 11.5. The number of ketones is 1. The lowest BCUT2D eigenvalue weighted by molar-refractivity contribution is -0.128. The number of carbonyl (C=O) groups excluding carboxylic acids is 1. The highest BCUT2D eigenvalue weighted by Crippen LogP contribution is 2.07. The Kier molecular flexibility index (Phi) is 4.24. The number of nitrogens with zero attached hydrogens (tertiary/aromatic N) is 2. The summed E-state index contributed by atoms with van der Waals surface area (Å²) in [4.78, 5) is 11.5. The van der Waals surface area contributed by atoms with E-state index in [-0.39, 0.29) is 18.0 Å². The fourth-order valence-corrected chi connectivity index (χ4v) is 1.28. The van der Waals surface area contributed by atoms with Gasteiger partial charge in [-0.1, -0.05) is 0 Å². The van der Waals surface area contributed by atoms with E-state index in [1.54, 1.807) is 10.9 Å². The van der Waals surface area contributed by atoms with Crippen LogP contribution >= 0.6 is 0 Å². The third-order valence-corrected chi connectivity index (χ3v) is 2.25. The molecule has 90 valence electrons. The molecule has 1 heterocycles. The van der Waals surface area contributed by atoms with Gasteiger partial charge in [-0.3, -0.25) is 9.48 Å². The summed E-state index contributed by atoms with van der Waals surface area (Å²) in [6.07, 6.45) is 2.98. The van der Waals surface area contributed by atoms with E-state index in [2.05, 4.69) is 5.10 Å². The summed E-state index contributed by atoms with van der Waals surface area (Å²) in [5.74, 6) is 0.135. The third-order valence-electron chi connectivity index (χ3n) is 2.25. The highest BCUT2D eigenvalue weighted by atomic mass is 16.5. The van der Waals surface area contributed by atoms with Gasteiger partial charge in [-0.25, -0.2) is 0 Å². The largest absolute Gasteiger partial charge is 0.368 e. The van der Waals surface area contributed by atoms with Crippen LogP contribution in [0.15, 0.2) is 12.3 Å². The van der Waals surface area contributed by atoms with E-state index in [0.29, 0.717) is 6.42 Å². The van der Waals surface area contributed by atoms with Crippen LogP contribution in [0.1, 0.15) is 32.9 Å². The zero-order valence-electron chi connectivity index (χ0n) is 10.5. The molecule has 0 bridgehead atoms. The van der Waals surface area contributed by atoms with Crippen LogP contribution in [-0.2, 0) is 23.0 Å². The Hall–Kier alpha value is -1.16. The Labute approximate surface area is 96.6 Å². The Morgan fingerprint density at radius 2 is 2.19 bits per heavy atom. The highest BCUT2D eigenvalue weighted by molar-refractivity contribution is 5.79. The number of rotatable bonds is 5. The Morgan fingerprint density at radius 1 is 1.50 bits per heavy atom. The quantitative estimate of drug-likeness (QED) is 0.765. The molecule has 0 unspecified atom stereocenters. The van der Waals surface area contributed by atoms with Gasteiger partial charge in [0.2, 0.25) is 0 Å². The smallest absolute Gasteiger partial charge is 0.158 e. The Bertz CT molecular complexity index is 350. The van der Waals surface area contributed by atoms with Crippen LogP contribution in [0.5, 0.6) is 0 Å². The van der Waals surface area contributed by atoms with Crippen LogP contribution in [0.4, 0.5) is 0 Å². The molecule has 16 heavy (non-hydrogen) atoms. The van der Waals surface area contributed by atoms with Gasteiger partial charge in [0.25, 0.3) is 0 Å². The van der Waals surface area contributed by atoms with Crippen LogP contribution in [0, 0.1) is 0 Å². The minimum absolute atomic E-state index is 0.135. The topological polar surface area (TPSA) is 44.1 Å². The maximum atomic E-state index is 11.5. The molecule has 0 radical (unpaired) electrons. The first-order valence-corrected chi connectivity index (χ1v) is 5.51. The van der Waals surface area contributed by atoms with Gasteiger partial charge in [0, 0.05) is 25.4 Å². The molecule has 0 saturated carbocycles. The number of aryl methyl sites for hydroxylation is 2. The average molecular weight is 224 g/mol. The third kappa shape index (κ3) is 4.57. The van der Waals surface area contributed by atoms with Crippen molar-refractivity contribution in [2.45, 2.75) is 39.2 Å². The Balaban J connectivity index is 2.29. The molecule has 1 aromatic rings. The van der Waals surface area contributed by atoms with Crippen LogP contribution in [-0.4, -0.2) is 27.8 Å². The second-order valence-corrected chi connectivity index (χ2v) is 4.89. The van der Waals surface area contributed by atoms with Crippen LogP contribution in [0.2, 0.25) is 0 Å². The average Bonchev–Trinajstić information content (AvgIpc) is 2.57. The molecule has 1 rings (SSSR count). The minimum atomic E-state index is -0.248. The summed E-state index contributed by atoms with van der Waals surface area (Å²) in [7, 11) is 1.88. The van der Waals surface area contributed by atoms with E-state index in [1.165, 1.54) is 0 Å². The van der Waals surface area contributed by atoms with Gasteiger partial charge in [0.15, 0.2) is 5.78 Å². The Morgan fingerprint density at radius 3 is 2.69 bits per heavy atom. The van der Waals surface area contributed by atoms with Gasteiger partial charge >= 0.3 is 0 Å². The van der Waals surface area contributed by atoms with Gasteiger partial charge in [0.1, 0.15) is 6.61 Å². The summed E-state index contributed by atoms with van der Waals surface area (Å²) in [5, 5.41) is 4.05. The minimum Gasteiger partial charge on any atom is -0.368 e. The monoisotopic (exact) mass is 224 g/mol. The fraction of sp³-hybridized carbons (Fsp3) is 0.667. The molecule has 0 aliphatic rings. The molecule has 4 nitrogen and oxygen atoms in total. The van der Waals surface area contributed by atoms with Crippen molar-refractivity contribution in [3.63, 3.8) is 0 Å². The first-order chi connectivity index (χ1) is 7.38. The molecule has 0 N–H and O–H groups in total. The van der Waals surface area contributed by atoms with Crippen molar-refractivity contribution >= 4 is 5.78 Å². The maximum Gasteiger partial charge on any atom is 0.158 e. The SMILES string of the molecule is Cn1nccc1CCC(=O)COC(C)(C)C. The normalized spacial score (nSPS) is 11.8. The van der Waals surface area contributed by atoms with Gasteiger partial charge in [-0.05, 0) is 33.3 Å². The van der Waals surface area contributed by atoms with Crippen molar-refractivity contribution < 1.29 is 9.53 Å². The van der Waals surface area contributed by atoms with E-state index in [0.717, 1.165) is 12.1 Å².